The van der Waals surface area contributed by atoms with Crippen LogP contribution in [0.25, 0.3) is 11.3 Å². The van der Waals surface area contributed by atoms with Gasteiger partial charge in [0.15, 0.2) is 0 Å². The number of aryl methyl sites for hydroxylation is 1. The highest BCUT2D eigenvalue weighted by molar-refractivity contribution is 6.05. The Kier molecular flexibility index (Phi) is 4.94. The summed E-state index contributed by atoms with van der Waals surface area (Å²) in [6, 6.07) is 21.6. The summed E-state index contributed by atoms with van der Waals surface area (Å²) in [6.45, 7) is 6.11. The van der Waals surface area contributed by atoms with Gasteiger partial charge in [-0.15, -0.1) is 0 Å². The van der Waals surface area contributed by atoms with Crippen LogP contribution in [0, 0.1) is 6.92 Å². The largest absolute Gasteiger partial charge is 0.322 e. The Balaban J connectivity index is 1.86. The summed E-state index contributed by atoms with van der Waals surface area (Å²) in [5.74, 6) is 0.217. The molecule has 3 rings (SSSR count). The maximum Gasteiger partial charge on any atom is 0.257 e. The topological polar surface area (TPSA) is 42.0 Å². The van der Waals surface area contributed by atoms with Crippen molar-refractivity contribution in [3.8, 4) is 11.3 Å². The van der Waals surface area contributed by atoms with E-state index in [1.807, 2.05) is 73.7 Å². The van der Waals surface area contributed by atoms with Crippen LogP contribution in [0.4, 0.5) is 5.69 Å². The number of hydrogen-bond acceptors (Lipinski definition) is 2. The smallest absolute Gasteiger partial charge is 0.257 e. The lowest BCUT2D eigenvalue weighted by molar-refractivity contribution is 0.102. The number of hydrogen-bond donors (Lipinski definition) is 1. The van der Waals surface area contributed by atoms with Gasteiger partial charge in [-0.3, -0.25) is 9.78 Å². The summed E-state index contributed by atoms with van der Waals surface area (Å²) >= 11 is 0. The van der Waals surface area contributed by atoms with Crippen molar-refractivity contribution in [3.63, 3.8) is 0 Å². The van der Waals surface area contributed by atoms with Gasteiger partial charge in [0.2, 0.25) is 0 Å². The molecule has 1 amide bonds. The number of carbonyl (C=O) groups is 1. The Hall–Kier alpha value is -2.94. The molecule has 126 valence electrons. The lowest BCUT2D eigenvalue weighted by atomic mass is 10.0. The lowest BCUT2D eigenvalue weighted by Gasteiger charge is -2.14. The first-order valence-corrected chi connectivity index (χ1v) is 8.49. The molecule has 0 aliphatic heterocycles. The third-order valence-electron chi connectivity index (χ3n) is 4.23. The molecule has 0 atom stereocenters. The zero-order valence-electron chi connectivity index (χ0n) is 14.8. The van der Waals surface area contributed by atoms with Gasteiger partial charge in [-0.05, 0) is 36.6 Å². The lowest BCUT2D eigenvalue weighted by Crippen LogP contribution is -2.15. The van der Waals surface area contributed by atoms with E-state index in [2.05, 4.69) is 24.1 Å². The van der Waals surface area contributed by atoms with E-state index < -0.39 is 0 Å². The van der Waals surface area contributed by atoms with Gasteiger partial charge in [0.05, 0.1) is 17.0 Å². The number of carbonyl (C=O) groups excluding carboxylic acids is 1. The third kappa shape index (κ3) is 3.77. The number of nitrogens with one attached hydrogen (secondary N) is 1. The number of rotatable bonds is 4. The normalized spacial score (nSPS) is 10.7. The van der Waals surface area contributed by atoms with Gasteiger partial charge in [0.25, 0.3) is 5.91 Å². The maximum atomic E-state index is 12.7. The number of pyridine rings is 1. The van der Waals surface area contributed by atoms with Crippen LogP contribution >= 0.6 is 0 Å². The van der Waals surface area contributed by atoms with Crippen LogP contribution < -0.4 is 5.32 Å². The molecule has 3 heteroatoms. The van der Waals surface area contributed by atoms with Gasteiger partial charge in [-0.25, -0.2) is 0 Å². The molecular weight excluding hydrogens is 308 g/mol. The summed E-state index contributed by atoms with van der Waals surface area (Å²) in [5, 5.41) is 3.03. The Bertz CT molecular complexity index is 886. The Morgan fingerprint density at radius 2 is 1.60 bits per heavy atom. The zero-order chi connectivity index (χ0) is 17.8. The first kappa shape index (κ1) is 16.9. The minimum Gasteiger partial charge on any atom is -0.322 e. The Labute approximate surface area is 148 Å². The molecule has 1 heterocycles. The molecule has 3 nitrogen and oxygen atoms in total. The number of benzene rings is 2. The van der Waals surface area contributed by atoms with E-state index in [1.54, 1.807) is 0 Å². The highest BCUT2D eigenvalue weighted by atomic mass is 16.1. The first-order valence-electron chi connectivity index (χ1n) is 8.49. The van der Waals surface area contributed by atoms with Crippen molar-refractivity contribution in [1.82, 2.24) is 4.98 Å². The van der Waals surface area contributed by atoms with Crippen molar-refractivity contribution in [2.24, 2.45) is 0 Å². The van der Waals surface area contributed by atoms with Crippen LogP contribution in [0.3, 0.4) is 0 Å². The van der Waals surface area contributed by atoms with Crippen LogP contribution in [0.2, 0.25) is 0 Å². The minimum atomic E-state index is -0.127. The first-order chi connectivity index (χ1) is 12.1. The summed E-state index contributed by atoms with van der Waals surface area (Å²) < 4.78 is 0. The molecule has 0 radical (unpaired) electrons. The quantitative estimate of drug-likeness (QED) is 0.693. The second-order valence-corrected chi connectivity index (χ2v) is 6.39. The standard InChI is InChI=1S/C22H22N2O/c1-15(2)18-11-7-8-12-21(18)24-22(25)19-13-14-20(23-16(19)3)17-9-5-4-6-10-17/h4-15H,1-3H3,(H,24,25). The van der Waals surface area contributed by atoms with Crippen molar-refractivity contribution >= 4 is 11.6 Å². The summed E-state index contributed by atoms with van der Waals surface area (Å²) in [6.07, 6.45) is 0. The van der Waals surface area contributed by atoms with Crippen LogP contribution in [0.15, 0.2) is 66.7 Å². The molecule has 0 saturated carbocycles. The summed E-state index contributed by atoms with van der Waals surface area (Å²) in [4.78, 5) is 17.3. The fraction of sp³-hybridized carbons (Fsp3) is 0.182. The van der Waals surface area contributed by atoms with E-state index in [0.29, 0.717) is 11.5 Å². The maximum absolute atomic E-state index is 12.7. The van der Waals surface area contributed by atoms with Crippen molar-refractivity contribution < 1.29 is 4.79 Å². The van der Waals surface area contributed by atoms with Crippen LogP contribution in [0.5, 0.6) is 0 Å². The number of amides is 1. The Morgan fingerprint density at radius 1 is 0.920 bits per heavy atom. The molecule has 0 bridgehead atoms. The molecule has 25 heavy (non-hydrogen) atoms. The Morgan fingerprint density at radius 3 is 2.28 bits per heavy atom. The fourth-order valence-corrected chi connectivity index (χ4v) is 2.87. The molecule has 0 aliphatic rings. The monoisotopic (exact) mass is 330 g/mol. The van der Waals surface area contributed by atoms with Gasteiger partial charge in [-0.2, -0.15) is 0 Å². The van der Waals surface area contributed by atoms with Gasteiger partial charge >= 0.3 is 0 Å². The average molecular weight is 330 g/mol. The van der Waals surface area contributed by atoms with Crippen LogP contribution in [-0.2, 0) is 0 Å². The predicted molar refractivity (Wildman–Crippen MR) is 103 cm³/mol. The van der Waals surface area contributed by atoms with Gasteiger partial charge in [-0.1, -0.05) is 62.4 Å². The van der Waals surface area contributed by atoms with Gasteiger partial charge < -0.3 is 5.32 Å². The number of aromatic nitrogens is 1. The van der Waals surface area contributed by atoms with Crippen LogP contribution in [-0.4, -0.2) is 10.9 Å². The molecule has 2 aromatic carbocycles. The molecule has 0 unspecified atom stereocenters. The summed E-state index contributed by atoms with van der Waals surface area (Å²) in [7, 11) is 0. The highest BCUT2D eigenvalue weighted by Gasteiger charge is 2.14. The van der Waals surface area contributed by atoms with Crippen LogP contribution in [0.1, 0.15) is 41.4 Å². The second-order valence-electron chi connectivity index (χ2n) is 6.39. The van der Waals surface area contributed by atoms with E-state index in [0.717, 1.165) is 28.2 Å². The second kappa shape index (κ2) is 7.31. The van der Waals surface area contributed by atoms with Gasteiger partial charge in [0.1, 0.15) is 0 Å². The van der Waals surface area contributed by atoms with Crippen molar-refractivity contribution in [3.05, 3.63) is 83.6 Å². The van der Waals surface area contributed by atoms with Crippen molar-refractivity contribution in [1.29, 1.82) is 0 Å². The van der Waals surface area contributed by atoms with E-state index in [9.17, 15) is 4.79 Å². The molecule has 3 aromatic rings. The number of nitrogens with zero attached hydrogens (tertiary/aromatic N) is 1. The van der Waals surface area contributed by atoms with E-state index in [1.165, 1.54) is 0 Å². The van der Waals surface area contributed by atoms with E-state index in [-0.39, 0.29) is 5.91 Å². The highest BCUT2D eigenvalue weighted by Crippen LogP contribution is 2.25. The molecule has 1 aromatic heterocycles. The molecule has 0 saturated heterocycles. The summed E-state index contributed by atoms with van der Waals surface area (Å²) in [5.41, 5.74) is 5.22. The third-order valence-corrected chi connectivity index (χ3v) is 4.23. The zero-order valence-corrected chi connectivity index (χ0v) is 14.8. The van der Waals surface area contributed by atoms with E-state index >= 15 is 0 Å². The van der Waals surface area contributed by atoms with E-state index in [4.69, 9.17) is 0 Å². The van der Waals surface area contributed by atoms with Crippen molar-refractivity contribution in [2.75, 3.05) is 5.32 Å². The predicted octanol–water partition coefficient (Wildman–Crippen LogP) is 5.43. The number of anilines is 1. The molecule has 0 fully saturated rings. The molecule has 1 N–H and O–H groups in total. The van der Waals surface area contributed by atoms with Crippen molar-refractivity contribution in [2.45, 2.75) is 26.7 Å². The van der Waals surface area contributed by atoms with Gasteiger partial charge in [0, 0.05) is 11.3 Å². The molecule has 0 aliphatic carbocycles. The average Bonchev–Trinajstić information content (AvgIpc) is 2.62. The number of para-hydroxylation sites is 1. The molecule has 0 spiro atoms. The fourth-order valence-electron chi connectivity index (χ4n) is 2.87. The SMILES string of the molecule is Cc1nc(-c2ccccc2)ccc1C(=O)Nc1ccccc1C(C)C. The molecular formula is C22H22N2O. The minimum absolute atomic E-state index is 0.127.